The summed E-state index contributed by atoms with van der Waals surface area (Å²) in [5.74, 6) is 1.11. The van der Waals surface area contributed by atoms with Crippen molar-refractivity contribution in [1.29, 1.82) is 0 Å². The number of nitrogens with two attached hydrogens (primary N) is 1. The van der Waals surface area contributed by atoms with Gasteiger partial charge in [-0.25, -0.2) is 4.98 Å². The Morgan fingerprint density at radius 2 is 1.57 bits per heavy atom. The van der Waals surface area contributed by atoms with Crippen molar-refractivity contribution >= 4 is 11.8 Å². The molecule has 0 amide bonds. The van der Waals surface area contributed by atoms with Crippen molar-refractivity contribution in [1.82, 2.24) is 15.3 Å². The molecule has 0 saturated heterocycles. The Hall–Kier alpha value is -2.14. The molecule has 0 spiro atoms. The molecule has 0 bridgehead atoms. The van der Waals surface area contributed by atoms with E-state index in [0.29, 0.717) is 12.0 Å². The predicted molar refractivity (Wildman–Crippen MR) is 102 cm³/mol. The van der Waals surface area contributed by atoms with Gasteiger partial charge in [0.2, 0.25) is 5.95 Å². The summed E-state index contributed by atoms with van der Waals surface area (Å²) in [6.45, 7) is 8.22. The average Bonchev–Trinajstić information content (AvgIpc) is 2.57. The maximum Gasteiger partial charge on any atom is 0.222 e. The first-order chi connectivity index (χ1) is 10.9. The van der Waals surface area contributed by atoms with Crippen molar-refractivity contribution in [3.8, 4) is 11.3 Å². The van der Waals surface area contributed by atoms with Crippen LogP contribution in [-0.4, -0.2) is 37.2 Å². The van der Waals surface area contributed by atoms with Crippen LogP contribution in [0.25, 0.3) is 11.3 Å². The molecule has 0 radical (unpaired) electrons. The van der Waals surface area contributed by atoms with E-state index in [1.54, 1.807) is 0 Å². The van der Waals surface area contributed by atoms with Crippen molar-refractivity contribution in [2.24, 2.45) is 0 Å². The number of nitrogen functional groups attached to an aromatic ring is 1. The van der Waals surface area contributed by atoms with Crippen LogP contribution in [0.3, 0.4) is 0 Å². The van der Waals surface area contributed by atoms with E-state index in [4.69, 9.17) is 5.73 Å². The van der Waals surface area contributed by atoms with Crippen LogP contribution in [0.1, 0.15) is 27.7 Å². The molecule has 1 aromatic carbocycles. The van der Waals surface area contributed by atoms with Crippen LogP contribution in [0.15, 0.2) is 36.4 Å². The van der Waals surface area contributed by atoms with E-state index in [-0.39, 0.29) is 0 Å². The molecule has 0 unspecified atom stereocenters. The van der Waals surface area contributed by atoms with Crippen molar-refractivity contribution in [3.63, 3.8) is 0 Å². The summed E-state index contributed by atoms with van der Waals surface area (Å²) in [6.07, 6.45) is 0. The number of nitrogens with one attached hydrogen (secondary N) is 1. The van der Waals surface area contributed by atoms with E-state index in [2.05, 4.69) is 29.1 Å². The summed E-state index contributed by atoms with van der Waals surface area (Å²) in [5, 5.41) is 3.03. The minimum atomic E-state index is 0.296. The van der Waals surface area contributed by atoms with E-state index in [1.807, 2.05) is 76.3 Å². The van der Waals surface area contributed by atoms with Gasteiger partial charge in [0.05, 0.1) is 5.69 Å². The molecule has 0 atom stereocenters. The van der Waals surface area contributed by atoms with Crippen LogP contribution in [-0.2, 0) is 0 Å². The number of hydrogen-bond donors (Lipinski definition) is 2. The van der Waals surface area contributed by atoms with Gasteiger partial charge in [-0.15, -0.1) is 0 Å². The van der Waals surface area contributed by atoms with Gasteiger partial charge in [0, 0.05) is 31.8 Å². The monoisotopic (exact) mass is 317 g/mol. The standard InChI is InChI=1S/C12H14N4.C4H11N.C2H6/c1-16(2)11-8-10(14-12(13)15-11)9-6-4-3-5-7-9;1-4(2)5-3;1-2/h3-8H,1-2H3,(H2,13,14,15);4-5H,1-3H3;1-2H3. The van der Waals surface area contributed by atoms with Gasteiger partial charge >= 0.3 is 0 Å². The number of hydrogen-bond acceptors (Lipinski definition) is 5. The Morgan fingerprint density at radius 1 is 1.04 bits per heavy atom. The quantitative estimate of drug-likeness (QED) is 0.908. The van der Waals surface area contributed by atoms with Gasteiger partial charge in [-0.1, -0.05) is 58.0 Å². The SMILES string of the molecule is CC.CN(C)c1cc(-c2ccccc2)nc(N)n1.CNC(C)C. The molecule has 0 aliphatic rings. The number of anilines is 2. The lowest BCUT2D eigenvalue weighted by atomic mass is 10.1. The largest absolute Gasteiger partial charge is 0.368 e. The lowest BCUT2D eigenvalue weighted by Gasteiger charge is -2.12. The van der Waals surface area contributed by atoms with Gasteiger partial charge in [-0.2, -0.15) is 4.98 Å². The zero-order valence-corrected chi connectivity index (χ0v) is 15.5. The minimum Gasteiger partial charge on any atom is -0.368 e. The van der Waals surface area contributed by atoms with E-state index >= 15 is 0 Å². The van der Waals surface area contributed by atoms with Gasteiger partial charge in [0.1, 0.15) is 5.82 Å². The lowest BCUT2D eigenvalue weighted by molar-refractivity contribution is 0.668. The highest BCUT2D eigenvalue weighted by atomic mass is 15.2. The van der Waals surface area contributed by atoms with E-state index in [1.165, 1.54) is 0 Å². The first-order valence-corrected chi connectivity index (χ1v) is 7.98. The summed E-state index contributed by atoms with van der Waals surface area (Å²) >= 11 is 0. The van der Waals surface area contributed by atoms with Crippen LogP contribution in [0.2, 0.25) is 0 Å². The Balaban J connectivity index is 0.000000594. The Morgan fingerprint density at radius 3 is 2.00 bits per heavy atom. The summed E-state index contributed by atoms with van der Waals surface area (Å²) in [4.78, 5) is 10.3. The molecule has 0 saturated carbocycles. The second-order valence-corrected chi connectivity index (χ2v) is 5.17. The average molecular weight is 317 g/mol. The van der Waals surface area contributed by atoms with Crippen molar-refractivity contribution in [3.05, 3.63) is 36.4 Å². The van der Waals surface area contributed by atoms with Crippen molar-refractivity contribution in [2.75, 3.05) is 31.8 Å². The summed E-state index contributed by atoms with van der Waals surface area (Å²) in [7, 11) is 5.80. The predicted octanol–water partition coefficient (Wildman–Crippen LogP) is 3.43. The fraction of sp³-hybridized carbons (Fsp3) is 0.444. The van der Waals surface area contributed by atoms with Crippen LogP contribution in [0.5, 0.6) is 0 Å². The molecule has 0 fully saturated rings. The molecule has 5 heteroatoms. The molecule has 5 nitrogen and oxygen atoms in total. The smallest absolute Gasteiger partial charge is 0.222 e. The molecular weight excluding hydrogens is 286 g/mol. The van der Waals surface area contributed by atoms with Gasteiger partial charge in [0.25, 0.3) is 0 Å². The maximum absolute atomic E-state index is 5.69. The normalized spacial score (nSPS) is 9.39. The van der Waals surface area contributed by atoms with Crippen molar-refractivity contribution in [2.45, 2.75) is 33.7 Å². The number of rotatable bonds is 3. The zero-order valence-electron chi connectivity index (χ0n) is 15.5. The topological polar surface area (TPSA) is 67.1 Å². The molecule has 0 aliphatic carbocycles. The number of benzene rings is 1. The Kier molecular flexibility index (Phi) is 10.4. The number of aromatic nitrogens is 2. The second-order valence-electron chi connectivity index (χ2n) is 5.17. The van der Waals surface area contributed by atoms with Gasteiger partial charge in [-0.3, -0.25) is 0 Å². The lowest BCUT2D eigenvalue weighted by Crippen LogP contribution is -2.15. The zero-order chi connectivity index (χ0) is 17.8. The van der Waals surface area contributed by atoms with Crippen LogP contribution in [0, 0.1) is 0 Å². The molecule has 0 aliphatic heterocycles. The minimum absolute atomic E-state index is 0.296. The van der Waals surface area contributed by atoms with Gasteiger partial charge < -0.3 is 16.0 Å². The molecule has 2 rings (SSSR count). The Labute approximate surface area is 141 Å². The maximum atomic E-state index is 5.69. The second kappa shape index (κ2) is 11.4. The Bertz CT molecular complexity index is 538. The molecule has 2 aromatic rings. The van der Waals surface area contributed by atoms with E-state index < -0.39 is 0 Å². The third-order valence-electron chi connectivity index (χ3n) is 2.84. The molecule has 128 valence electrons. The molecule has 1 heterocycles. The van der Waals surface area contributed by atoms with Gasteiger partial charge in [-0.05, 0) is 7.05 Å². The van der Waals surface area contributed by atoms with E-state index in [0.717, 1.165) is 17.1 Å². The number of nitrogens with zero attached hydrogens (tertiary/aromatic N) is 3. The first-order valence-electron chi connectivity index (χ1n) is 7.98. The van der Waals surface area contributed by atoms with Gasteiger partial charge in [0.15, 0.2) is 0 Å². The molecule has 3 N–H and O–H groups in total. The fourth-order valence-electron chi connectivity index (χ4n) is 1.44. The molecular formula is C18H31N5. The first kappa shape index (κ1) is 20.9. The van der Waals surface area contributed by atoms with E-state index in [9.17, 15) is 0 Å². The summed E-state index contributed by atoms with van der Waals surface area (Å²) in [6, 6.07) is 12.5. The summed E-state index contributed by atoms with van der Waals surface area (Å²) < 4.78 is 0. The molecule has 23 heavy (non-hydrogen) atoms. The highest BCUT2D eigenvalue weighted by Gasteiger charge is 2.05. The van der Waals surface area contributed by atoms with Crippen LogP contribution < -0.4 is 16.0 Å². The van der Waals surface area contributed by atoms with Crippen LogP contribution >= 0.6 is 0 Å². The third kappa shape index (κ3) is 8.16. The summed E-state index contributed by atoms with van der Waals surface area (Å²) in [5.41, 5.74) is 7.57. The molecule has 1 aromatic heterocycles. The fourth-order valence-corrected chi connectivity index (χ4v) is 1.44. The highest BCUT2D eigenvalue weighted by molar-refractivity contribution is 5.64. The van der Waals surface area contributed by atoms with Crippen molar-refractivity contribution < 1.29 is 0 Å². The third-order valence-corrected chi connectivity index (χ3v) is 2.84. The van der Waals surface area contributed by atoms with Crippen LogP contribution in [0.4, 0.5) is 11.8 Å². The highest BCUT2D eigenvalue weighted by Crippen LogP contribution is 2.21.